The number of rotatable bonds is 5. The van der Waals surface area contributed by atoms with Gasteiger partial charge in [0, 0.05) is 18.1 Å². The maximum Gasteiger partial charge on any atom is 0.245 e. The molecule has 5 nitrogen and oxygen atoms in total. The molecule has 3 rings (SSSR count). The zero-order valence-electron chi connectivity index (χ0n) is 13.9. The van der Waals surface area contributed by atoms with Crippen molar-refractivity contribution >= 4 is 39.8 Å². The minimum Gasteiger partial charge on any atom is -0.350 e. The van der Waals surface area contributed by atoms with E-state index in [1.165, 1.54) is 17.7 Å². The van der Waals surface area contributed by atoms with Crippen molar-refractivity contribution in [1.82, 2.24) is 9.97 Å². The molecule has 1 atom stereocenters. The Bertz CT molecular complexity index is 716. The molecule has 0 fully saturated rings. The number of hydrogen-bond donors (Lipinski definition) is 1. The number of pyridine rings is 1. The highest BCUT2D eigenvalue weighted by Gasteiger charge is 2.22. The number of nitrogens with one attached hydrogen (secondary N) is 1. The summed E-state index contributed by atoms with van der Waals surface area (Å²) >= 11 is 7.45. The molecule has 0 aromatic carbocycles. The van der Waals surface area contributed by atoms with E-state index in [4.69, 9.17) is 11.6 Å². The SMILES string of the molecule is CC[C@H]1CCc2nc(NC(=O)CN(C)c3ccc(Cl)cn3)sc2C1. The topological polar surface area (TPSA) is 58.1 Å². The largest absolute Gasteiger partial charge is 0.350 e. The Hall–Kier alpha value is -1.66. The van der Waals surface area contributed by atoms with Crippen molar-refractivity contribution in [2.75, 3.05) is 23.8 Å². The van der Waals surface area contributed by atoms with E-state index in [1.54, 1.807) is 34.6 Å². The van der Waals surface area contributed by atoms with Crippen LogP contribution in [0.15, 0.2) is 18.3 Å². The van der Waals surface area contributed by atoms with Gasteiger partial charge in [0.15, 0.2) is 5.13 Å². The van der Waals surface area contributed by atoms with Gasteiger partial charge in [0.1, 0.15) is 5.82 Å². The molecule has 1 amide bonds. The summed E-state index contributed by atoms with van der Waals surface area (Å²) in [6, 6.07) is 3.56. The van der Waals surface area contributed by atoms with Crippen molar-refractivity contribution < 1.29 is 4.79 Å². The monoisotopic (exact) mass is 364 g/mol. The molecule has 0 saturated carbocycles. The number of halogens is 1. The number of amides is 1. The molecule has 2 aromatic heterocycles. The molecule has 0 unspecified atom stereocenters. The number of carbonyl (C=O) groups is 1. The lowest BCUT2D eigenvalue weighted by atomic mass is 9.89. The first-order valence-electron chi connectivity index (χ1n) is 8.16. The molecule has 1 aliphatic rings. The fourth-order valence-corrected chi connectivity index (χ4v) is 4.14. The van der Waals surface area contributed by atoms with Crippen LogP contribution in [0.4, 0.5) is 10.9 Å². The van der Waals surface area contributed by atoms with Gasteiger partial charge in [-0.25, -0.2) is 9.97 Å². The third-order valence-corrected chi connectivity index (χ3v) is 5.61. The number of likely N-dealkylation sites (N-methyl/N-ethyl adjacent to an activating group) is 1. The summed E-state index contributed by atoms with van der Waals surface area (Å²) in [5.41, 5.74) is 1.16. The van der Waals surface area contributed by atoms with Crippen LogP contribution in [0, 0.1) is 5.92 Å². The van der Waals surface area contributed by atoms with Gasteiger partial charge >= 0.3 is 0 Å². The van der Waals surface area contributed by atoms with Crippen molar-refractivity contribution in [2.24, 2.45) is 5.92 Å². The Balaban J connectivity index is 1.59. The van der Waals surface area contributed by atoms with E-state index in [0.29, 0.717) is 16.0 Å². The zero-order chi connectivity index (χ0) is 17.1. The van der Waals surface area contributed by atoms with Gasteiger partial charge in [-0.2, -0.15) is 0 Å². The number of aromatic nitrogens is 2. The van der Waals surface area contributed by atoms with Crippen LogP contribution in [0.1, 0.15) is 30.3 Å². The second-order valence-corrected chi connectivity index (χ2v) is 7.66. The minimum atomic E-state index is -0.0904. The summed E-state index contributed by atoms with van der Waals surface area (Å²) in [6.07, 6.45) is 6.09. The molecular formula is C17H21ClN4OS. The van der Waals surface area contributed by atoms with Gasteiger partial charge in [0.05, 0.1) is 17.3 Å². The van der Waals surface area contributed by atoms with Crippen LogP contribution < -0.4 is 10.2 Å². The number of fused-ring (bicyclic) bond motifs is 1. The average Bonchev–Trinajstić information content (AvgIpc) is 2.96. The molecule has 1 N–H and O–H groups in total. The maximum atomic E-state index is 12.3. The number of aryl methyl sites for hydroxylation is 1. The number of thiazole rings is 1. The van der Waals surface area contributed by atoms with Gasteiger partial charge in [0.25, 0.3) is 0 Å². The van der Waals surface area contributed by atoms with Crippen molar-refractivity contribution in [3.8, 4) is 0 Å². The fraction of sp³-hybridized carbons (Fsp3) is 0.471. The van der Waals surface area contributed by atoms with E-state index in [2.05, 4.69) is 22.2 Å². The standard InChI is InChI=1S/C17H21ClN4OS/c1-3-11-4-6-13-14(8-11)24-17(20-13)21-16(23)10-22(2)15-7-5-12(18)9-19-15/h5,7,9,11H,3-4,6,8,10H2,1-2H3,(H,20,21,23)/t11-/m0/s1. The van der Waals surface area contributed by atoms with Crippen LogP contribution in [-0.2, 0) is 17.6 Å². The summed E-state index contributed by atoms with van der Waals surface area (Å²) in [7, 11) is 1.83. The van der Waals surface area contributed by atoms with E-state index < -0.39 is 0 Å². The third kappa shape index (κ3) is 4.05. The summed E-state index contributed by atoms with van der Waals surface area (Å²) in [5.74, 6) is 1.37. The molecule has 128 valence electrons. The molecule has 24 heavy (non-hydrogen) atoms. The molecule has 0 radical (unpaired) electrons. The Labute approximate surface area is 151 Å². The maximum absolute atomic E-state index is 12.3. The second-order valence-electron chi connectivity index (χ2n) is 6.14. The second kappa shape index (κ2) is 7.49. The van der Waals surface area contributed by atoms with Crippen LogP contribution in [-0.4, -0.2) is 29.5 Å². The lowest BCUT2D eigenvalue weighted by Gasteiger charge is -2.18. The van der Waals surface area contributed by atoms with Gasteiger partial charge < -0.3 is 10.2 Å². The summed E-state index contributed by atoms with van der Waals surface area (Å²) < 4.78 is 0. The number of nitrogens with zero attached hydrogens (tertiary/aromatic N) is 3. The van der Waals surface area contributed by atoms with E-state index in [-0.39, 0.29) is 12.5 Å². The highest BCUT2D eigenvalue weighted by Crippen LogP contribution is 2.33. The number of hydrogen-bond acceptors (Lipinski definition) is 5. The number of carbonyl (C=O) groups excluding carboxylic acids is 1. The molecule has 0 bridgehead atoms. The first-order chi connectivity index (χ1) is 11.5. The molecule has 0 spiro atoms. The van der Waals surface area contributed by atoms with Gasteiger partial charge in [0.2, 0.25) is 5.91 Å². The Morgan fingerprint density at radius 3 is 3.04 bits per heavy atom. The Morgan fingerprint density at radius 1 is 1.50 bits per heavy atom. The quantitative estimate of drug-likeness (QED) is 0.877. The summed E-state index contributed by atoms with van der Waals surface area (Å²) in [6.45, 7) is 2.45. The molecule has 1 aliphatic carbocycles. The van der Waals surface area contributed by atoms with Crippen molar-refractivity contribution in [1.29, 1.82) is 0 Å². The highest BCUT2D eigenvalue weighted by molar-refractivity contribution is 7.15. The zero-order valence-corrected chi connectivity index (χ0v) is 15.5. The Morgan fingerprint density at radius 2 is 2.33 bits per heavy atom. The molecule has 0 aliphatic heterocycles. The van der Waals surface area contributed by atoms with E-state index in [1.807, 2.05) is 7.05 Å². The number of anilines is 2. The summed E-state index contributed by atoms with van der Waals surface area (Å²) in [4.78, 5) is 24.2. The van der Waals surface area contributed by atoms with Crippen LogP contribution in [0.5, 0.6) is 0 Å². The lowest BCUT2D eigenvalue weighted by Crippen LogP contribution is -2.30. The molecule has 2 heterocycles. The van der Waals surface area contributed by atoms with Gasteiger partial charge in [-0.05, 0) is 37.3 Å². The lowest BCUT2D eigenvalue weighted by molar-refractivity contribution is -0.114. The smallest absolute Gasteiger partial charge is 0.245 e. The molecular weight excluding hydrogens is 344 g/mol. The highest BCUT2D eigenvalue weighted by atomic mass is 35.5. The average molecular weight is 365 g/mol. The van der Waals surface area contributed by atoms with Gasteiger partial charge in [-0.1, -0.05) is 24.9 Å². The fourth-order valence-electron chi connectivity index (χ4n) is 2.89. The van der Waals surface area contributed by atoms with Crippen LogP contribution >= 0.6 is 22.9 Å². The Kier molecular flexibility index (Phi) is 5.36. The van der Waals surface area contributed by atoms with Crippen molar-refractivity contribution in [3.63, 3.8) is 0 Å². The van der Waals surface area contributed by atoms with Gasteiger partial charge in [-0.3, -0.25) is 4.79 Å². The third-order valence-electron chi connectivity index (χ3n) is 4.35. The molecule has 7 heteroatoms. The minimum absolute atomic E-state index is 0.0904. The van der Waals surface area contributed by atoms with E-state index in [9.17, 15) is 4.79 Å². The van der Waals surface area contributed by atoms with Crippen molar-refractivity contribution in [2.45, 2.75) is 32.6 Å². The van der Waals surface area contributed by atoms with Crippen molar-refractivity contribution in [3.05, 3.63) is 33.9 Å². The normalized spacial score (nSPS) is 16.5. The van der Waals surface area contributed by atoms with Crippen LogP contribution in [0.3, 0.4) is 0 Å². The van der Waals surface area contributed by atoms with Crippen LogP contribution in [0.25, 0.3) is 0 Å². The van der Waals surface area contributed by atoms with E-state index >= 15 is 0 Å². The molecule has 2 aromatic rings. The summed E-state index contributed by atoms with van der Waals surface area (Å²) in [5, 5.41) is 4.20. The predicted octanol–water partition coefficient (Wildman–Crippen LogP) is 3.78. The molecule has 0 saturated heterocycles. The van der Waals surface area contributed by atoms with Gasteiger partial charge in [-0.15, -0.1) is 11.3 Å². The first-order valence-corrected chi connectivity index (χ1v) is 9.35. The first kappa shape index (κ1) is 17.2. The van der Waals surface area contributed by atoms with Crippen LogP contribution in [0.2, 0.25) is 5.02 Å². The predicted molar refractivity (Wildman–Crippen MR) is 99.1 cm³/mol. The van der Waals surface area contributed by atoms with E-state index in [0.717, 1.165) is 24.5 Å².